The first-order valence-corrected chi connectivity index (χ1v) is 6.65. The van der Waals surface area contributed by atoms with Gasteiger partial charge in [0.05, 0.1) is 5.56 Å². The SMILES string of the molecule is Cc1ccc(C(=O)O)c(NCCc2cccs2)c1. The van der Waals surface area contributed by atoms with Crippen LogP contribution in [0.4, 0.5) is 5.69 Å². The summed E-state index contributed by atoms with van der Waals surface area (Å²) in [4.78, 5) is 12.4. The Morgan fingerprint density at radius 2 is 2.22 bits per heavy atom. The monoisotopic (exact) mass is 261 g/mol. The van der Waals surface area contributed by atoms with Crippen LogP contribution in [0.2, 0.25) is 0 Å². The van der Waals surface area contributed by atoms with Gasteiger partial charge in [0.1, 0.15) is 0 Å². The van der Waals surface area contributed by atoms with Gasteiger partial charge in [-0.3, -0.25) is 0 Å². The third-order valence-electron chi connectivity index (χ3n) is 2.67. The molecule has 0 spiro atoms. The Hall–Kier alpha value is -1.81. The zero-order chi connectivity index (χ0) is 13.0. The molecule has 2 aromatic rings. The molecule has 1 heterocycles. The first kappa shape index (κ1) is 12.6. The summed E-state index contributed by atoms with van der Waals surface area (Å²) in [7, 11) is 0. The van der Waals surface area contributed by atoms with Crippen molar-refractivity contribution >= 4 is 23.0 Å². The number of nitrogens with one attached hydrogen (secondary N) is 1. The largest absolute Gasteiger partial charge is 0.478 e. The van der Waals surface area contributed by atoms with E-state index in [1.165, 1.54) is 4.88 Å². The van der Waals surface area contributed by atoms with Crippen LogP contribution in [-0.2, 0) is 6.42 Å². The lowest BCUT2D eigenvalue weighted by Gasteiger charge is -2.10. The molecule has 0 amide bonds. The van der Waals surface area contributed by atoms with Gasteiger partial charge < -0.3 is 10.4 Å². The molecule has 0 unspecified atom stereocenters. The number of thiophene rings is 1. The van der Waals surface area contributed by atoms with E-state index in [9.17, 15) is 4.79 Å². The molecule has 0 aliphatic heterocycles. The molecule has 1 aromatic carbocycles. The van der Waals surface area contributed by atoms with E-state index in [-0.39, 0.29) is 0 Å². The molecular weight excluding hydrogens is 246 g/mol. The maximum atomic E-state index is 11.1. The topological polar surface area (TPSA) is 49.3 Å². The third kappa shape index (κ3) is 3.11. The van der Waals surface area contributed by atoms with Crippen molar-refractivity contribution in [3.63, 3.8) is 0 Å². The maximum Gasteiger partial charge on any atom is 0.337 e. The number of hydrogen-bond acceptors (Lipinski definition) is 3. The molecule has 0 bridgehead atoms. The lowest BCUT2D eigenvalue weighted by molar-refractivity contribution is 0.0698. The van der Waals surface area contributed by atoms with Gasteiger partial charge in [-0.1, -0.05) is 12.1 Å². The summed E-state index contributed by atoms with van der Waals surface area (Å²) in [6.45, 7) is 2.69. The number of benzene rings is 1. The van der Waals surface area contributed by atoms with E-state index in [2.05, 4.69) is 11.4 Å². The van der Waals surface area contributed by atoms with Crippen molar-refractivity contribution in [2.24, 2.45) is 0 Å². The molecule has 1 aromatic heterocycles. The molecule has 0 aliphatic rings. The van der Waals surface area contributed by atoms with E-state index in [0.717, 1.165) is 18.5 Å². The van der Waals surface area contributed by atoms with E-state index < -0.39 is 5.97 Å². The Labute approximate surface area is 110 Å². The van der Waals surface area contributed by atoms with Crippen LogP contribution >= 0.6 is 11.3 Å². The van der Waals surface area contributed by atoms with Gasteiger partial charge in [0.15, 0.2) is 0 Å². The predicted octanol–water partition coefficient (Wildman–Crippen LogP) is 3.41. The maximum absolute atomic E-state index is 11.1. The van der Waals surface area contributed by atoms with Gasteiger partial charge in [0.2, 0.25) is 0 Å². The van der Waals surface area contributed by atoms with Crippen LogP contribution in [-0.4, -0.2) is 17.6 Å². The lowest BCUT2D eigenvalue weighted by Crippen LogP contribution is -2.09. The summed E-state index contributed by atoms with van der Waals surface area (Å²) in [5.74, 6) is -0.895. The Morgan fingerprint density at radius 1 is 1.39 bits per heavy atom. The highest BCUT2D eigenvalue weighted by Gasteiger charge is 2.09. The van der Waals surface area contributed by atoms with E-state index >= 15 is 0 Å². The number of carboxylic acid groups (broad SMARTS) is 1. The number of rotatable bonds is 5. The van der Waals surface area contributed by atoms with Crippen molar-refractivity contribution in [1.82, 2.24) is 0 Å². The van der Waals surface area contributed by atoms with E-state index in [1.54, 1.807) is 17.4 Å². The molecule has 2 N–H and O–H groups in total. The van der Waals surface area contributed by atoms with Crippen molar-refractivity contribution in [2.75, 3.05) is 11.9 Å². The minimum Gasteiger partial charge on any atom is -0.478 e. The smallest absolute Gasteiger partial charge is 0.337 e. The number of aromatic carboxylic acids is 1. The van der Waals surface area contributed by atoms with Gasteiger partial charge in [-0.2, -0.15) is 0 Å². The summed E-state index contributed by atoms with van der Waals surface area (Å²) >= 11 is 1.72. The molecule has 0 saturated heterocycles. The van der Waals surface area contributed by atoms with Crippen molar-refractivity contribution in [3.05, 3.63) is 51.7 Å². The fourth-order valence-corrected chi connectivity index (χ4v) is 2.48. The number of carboxylic acids is 1. The molecule has 0 aliphatic carbocycles. The lowest BCUT2D eigenvalue weighted by atomic mass is 10.1. The Kier molecular flexibility index (Phi) is 3.99. The van der Waals surface area contributed by atoms with Crippen LogP contribution in [0.15, 0.2) is 35.7 Å². The van der Waals surface area contributed by atoms with Gasteiger partial charge in [-0.15, -0.1) is 11.3 Å². The van der Waals surface area contributed by atoms with Gasteiger partial charge in [0, 0.05) is 17.1 Å². The van der Waals surface area contributed by atoms with Gasteiger partial charge >= 0.3 is 5.97 Å². The summed E-state index contributed by atoms with van der Waals surface area (Å²) < 4.78 is 0. The van der Waals surface area contributed by atoms with Crippen LogP contribution in [0.5, 0.6) is 0 Å². The molecule has 3 nitrogen and oxygen atoms in total. The fraction of sp³-hybridized carbons (Fsp3) is 0.214. The van der Waals surface area contributed by atoms with E-state index in [0.29, 0.717) is 11.3 Å². The highest BCUT2D eigenvalue weighted by atomic mass is 32.1. The molecular formula is C14H15NO2S. The molecule has 18 heavy (non-hydrogen) atoms. The molecule has 0 saturated carbocycles. The van der Waals surface area contributed by atoms with Gasteiger partial charge in [-0.25, -0.2) is 4.79 Å². The normalized spacial score (nSPS) is 10.3. The molecule has 2 rings (SSSR count). The predicted molar refractivity (Wildman–Crippen MR) is 74.7 cm³/mol. The average Bonchev–Trinajstić information content (AvgIpc) is 2.82. The summed E-state index contributed by atoms with van der Waals surface area (Å²) in [5, 5.41) is 14.3. The van der Waals surface area contributed by atoms with Crippen molar-refractivity contribution < 1.29 is 9.90 Å². The Morgan fingerprint density at radius 3 is 2.89 bits per heavy atom. The Balaban J connectivity index is 2.03. The van der Waals surface area contributed by atoms with Crippen molar-refractivity contribution in [3.8, 4) is 0 Å². The molecule has 0 radical (unpaired) electrons. The standard InChI is InChI=1S/C14H15NO2S/c1-10-4-5-12(14(16)17)13(9-10)15-7-6-11-3-2-8-18-11/h2-5,8-9,15H,6-7H2,1H3,(H,16,17). The third-order valence-corrected chi connectivity index (χ3v) is 3.61. The summed E-state index contributed by atoms with van der Waals surface area (Å²) in [5.41, 5.74) is 2.07. The number of hydrogen-bond donors (Lipinski definition) is 2. The second kappa shape index (κ2) is 5.69. The van der Waals surface area contributed by atoms with E-state index in [4.69, 9.17) is 5.11 Å². The zero-order valence-electron chi connectivity index (χ0n) is 10.1. The first-order chi connectivity index (χ1) is 8.66. The Bertz CT molecular complexity index is 535. The minimum atomic E-state index is -0.895. The fourth-order valence-electron chi connectivity index (χ4n) is 1.77. The number of aryl methyl sites for hydroxylation is 1. The minimum absolute atomic E-state index is 0.326. The summed E-state index contributed by atoms with van der Waals surface area (Å²) in [6.07, 6.45) is 0.907. The van der Waals surface area contributed by atoms with Crippen LogP contribution in [0.25, 0.3) is 0 Å². The van der Waals surface area contributed by atoms with Crippen LogP contribution in [0.3, 0.4) is 0 Å². The first-order valence-electron chi connectivity index (χ1n) is 5.77. The second-order valence-corrected chi connectivity index (χ2v) is 5.14. The average molecular weight is 261 g/mol. The van der Waals surface area contributed by atoms with Gasteiger partial charge in [-0.05, 0) is 42.5 Å². The second-order valence-electron chi connectivity index (χ2n) is 4.11. The van der Waals surface area contributed by atoms with Crippen molar-refractivity contribution in [2.45, 2.75) is 13.3 Å². The molecule has 0 atom stereocenters. The molecule has 0 fully saturated rings. The quantitative estimate of drug-likeness (QED) is 0.867. The van der Waals surface area contributed by atoms with Crippen LogP contribution in [0, 0.1) is 6.92 Å². The highest BCUT2D eigenvalue weighted by Crippen LogP contribution is 2.18. The molecule has 4 heteroatoms. The number of anilines is 1. The highest BCUT2D eigenvalue weighted by molar-refractivity contribution is 7.09. The van der Waals surface area contributed by atoms with E-state index in [1.807, 2.05) is 30.5 Å². The number of carbonyl (C=O) groups is 1. The van der Waals surface area contributed by atoms with Gasteiger partial charge in [0.25, 0.3) is 0 Å². The van der Waals surface area contributed by atoms with Crippen LogP contribution < -0.4 is 5.32 Å². The zero-order valence-corrected chi connectivity index (χ0v) is 11.0. The summed E-state index contributed by atoms with van der Waals surface area (Å²) in [6, 6.07) is 9.44. The van der Waals surface area contributed by atoms with Crippen LogP contribution in [0.1, 0.15) is 20.8 Å². The molecule has 94 valence electrons. The van der Waals surface area contributed by atoms with Crippen molar-refractivity contribution in [1.29, 1.82) is 0 Å².